The normalized spacial score (nSPS) is 12.5. The molecule has 2 atom stereocenters. The lowest BCUT2D eigenvalue weighted by Crippen LogP contribution is -2.46. The van der Waals surface area contributed by atoms with E-state index in [9.17, 15) is 14.4 Å². The van der Waals surface area contributed by atoms with Crippen molar-refractivity contribution in [1.82, 2.24) is 4.90 Å². The zero-order valence-electron chi connectivity index (χ0n) is 18.1. The number of para-hydroxylation sites is 1. The number of nitrogens with one attached hydrogen (secondary N) is 1. The van der Waals surface area contributed by atoms with Crippen LogP contribution in [-0.4, -0.2) is 41.4 Å². The molecular weight excluding hydrogens is 380 g/mol. The molecule has 0 saturated carbocycles. The summed E-state index contributed by atoms with van der Waals surface area (Å²) in [5.74, 6) is -1.20. The number of ether oxygens (including phenoxy) is 1. The largest absolute Gasteiger partial charge is 0.452 e. The van der Waals surface area contributed by atoms with Crippen LogP contribution in [0.3, 0.4) is 0 Å². The Labute approximate surface area is 178 Å². The Morgan fingerprint density at radius 1 is 0.900 bits per heavy atom. The van der Waals surface area contributed by atoms with Gasteiger partial charge >= 0.3 is 5.97 Å². The second kappa shape index (κ2) is 11.1. The van der Waals surface area contributed by atoms with E-state index in [0.29, 0.717) is 11.3 Å². The molecule has 1 N–H and O–H groups in total. The first-order valence-electron chi connectivity index (χ1n) is 10.3. The lowest BCUT2D eigenvalue weighted by atomic mass is 10.1. The van der Waals surface area contributed by atoms with Gasteiger partial charge < -0.3 is 15.0 Å². The van der Waals surface area contributed by atoms with E-state index in [1.54, 1.807) is 53.4 Å². The number of benzene rings is 2. The van der Waals surface area contributed by atoms with Crippen molar-refractivity contribution in [3.05, 3.63) is 65.7 Å². The molecule has 0 aliphatic rings. The molecule has 0 spiro atoms. The van der Waals surface area contributed by atoms with Crippen molar-refractivity contribution in [2.75, 3.05) is 11.9 Å². The summed E-state index contributed by atoms with van der Waals surface area (Å²) in [4.78, 5) is 39.6. The van der Waals surface area contributed by atoms with E-state index in [1.807, 2.05) is 33.8 Å². The number of hydrogen-bond acceptors (Lipinski definition) is 4. The van der Waals surface area contributed by atoms with Gasteiger partial charge in [0.2, 0.25) is 0 Å². The minimum absolute atomic E-state index is 0.0589. The van der Waals surface area contributed by atoms with Crippen molar-refractivity contribution in [2.24, 2.45) is 0 Å². The summed E-state index contributed by atoms with van der Waals surface area (Å²) in [6.07, 6.45) is 1.64. The number of anilines is 1. The van der Waals surface area contributed by atoms with Crippen LogP contribution in [0.4, 0.5) is 5.69 Å². The molecule has 6 heteroatoms. The van der Waals surface area contributed by atoms with Crippen molar-refractivity contribution >= 4 is 23.5 Å². The summed E-state index contributed by atoms with van der Waals surface area (Å²) >= 11 is 0. The summed E-state index contributed by atoms with van der Waals surface area (Å²) in [5.41, 5.74) is 1.02. The molecule has 2 amide bonds. The van der Waals surface area contributed by atoms with Gasteiger partial charge in [-0.15, -0.1) is 0 Å². The minimum atomic E-state index is -0.652. The molecule has 0 aromatic heterocycles. The predicted octanol–water partition coefficient (Wildman–Crippen LogP) is 4.52. The second-order valence-electron chi connectivity index (χ2n) is 7.26. The van der Waals surface area contributed by atoms with E-state index >= 15 is 0 Å². The van der Waals surface area contributed by atoms with Crippen LogP contribution in [0.2, 0.25) is 0 Å². The van der Waals surface area contributed by atoms with Crippen LogP contribution in [0.15, 0.2) is 54.6 Å². The van der Waals surface area contributed by atoms with Gasteiger partial charge in [-0.3, -0.25) is 9.59 Å². The van der Waals surface area contributed by atoms with E-state index in [4.69, 9.17) is 4.74 Å². The number of nitrogens with zero attached hydrogens (tertiary/aromatic N) is 1. The molecule has 0 unspecified atom stereocenters. The highest BCUT2D eigenvalue weighted by atomic mass is 16.5. The SMILES string of the molecule is CC[C@H](C)N(C(=O)COC(=O)c1ccccc1NC(=O)c1ccccc1)[C@@H](C)CC. The summed E-state index contributed by atoms with van der Waals surface area (Å²) in [6, 6.07) is 15.4. The van der Waals surface area contributed by atoms with E-state index in [1.165, 1.54) is 0 Å². The molecule has 0 aliphatic heterocycles. The number of carbonyl (C=O) groups is 3. The van der Waals surface area contributed by atoms with Crippen LogP contribution in [0.1, 0.15) is 61.3 Å². The van der Waals surface area contributed by atoms with Gasteiger partial charge in [-0.05, 0) is 51.0 Å². The average Bonchev–Trinajstić information content (AvgIpc) is 2.78. The monoisotopic (exact) mass is 410 g/mol. The van der Waals surface area contributed by atoms with Crippen LogP contribution in [-0.2, 0) is 9.53 Å². The van der Waals surface area contributed by atoms with Crippen molar-refractivity contribution < 1.29 is 19.1 Å². The molecule has 2 aromatic rings. The van der Waals surface area contributed by atoms with Gasteiger partial charge in [0.15, 0.2) is 6.61 Å². The Morgan fingerprint density at radius 3 is 2.07 bits per heavy atom. The maximum Gasteiger partial charge on any atom is 0.340 e. The van der Waals surface area contributed by atoms with Gasteiger partial charge in [-0.2, -0.15) is 0 Å². The van der Waals surface area contributed by atoms with Gasteiger partial charge in [-0.1, -0.05) is 44.2 Å². The maximum atomic E-state index is 12.7. The fourth-order valence-electron chi connectivity index (χ4n) is 3.15. The van der Waals surface area contributed by atoms with E-state index in [-0.39, 0.29) is 36.1 Å². The number of rotatable bonds is 9. The van der Waals surface area contributed by atoms with Gasteiger partial charge in [-0.25, -0.2) is 4.79 Å². The van der Waals surface area contributed by atoms with Gasteiger partial charge in [0, 0.05) is 17.6 Å². The standard InChI is InChI=1S/C24H30N2O4/c1-5-17(3)26(18(4)6-2)22(27)16-30-24(29)20-14-10-11-15-21(20)25-23(28)19-12-8-7-9-13-19/h7-15,17-18H,5-6,16H2,1-4H3,(H,25,28)/t17-,18-/m0/s1. The predicted molar refractivity (Wildman–Crippen MR) is 117 cm³/mol. The summed E-state index contributed by atoms with van der Waals surface area (Å²) in [5, 5.41) is 2.74. The molecule has 30 heavy (non-hydrogen) atoms. The van der Waals surface area contributed by atoms with Gasteiger partial charge in [0.05, 0.1) is 11.3 Å². The third-order valence-corrected chi connectivity index (χ3v) is 5.18. The number of amides is 2. The van der Waals surface area contributed by atoms with Gasteiger partial charge in [0.1, 0.15) is 0 Å². The lowest BCUT2D eigenvalue weighted by molar-refractivity contribution is -0.139. The highest BCUT2D eigenvalue weighted by Crippen LogP contribution is 2.18. The van der Waals surface area contributed by atoms with Crippen molar-refractivity contribution in [2.45, 2.75) is 52.6 Å². The van der Waals surface area contributed by atoms with Gasteiger partial charge in [0.25, 0.3) is 11.8 Å². The molecule has 0 bridgehead atoms. The fourth-order valence-corrected chi connectivity index (χ4v) is 3.15. The smallest absolute Gasteiger partial charge is 0.340 e. The summed E-state index contributed by atoms with van der Waals surface area (Å²) in [6.45, 7) is 7.67. The number of carbonyl (C=O) groups excluding carboxylic acids is 3. The first kappa shape index (κ1) is 23.1. The molecule has 0 fully saturated rings. The highest BCUT2D eigenvalue weighted by Gasteiger charge is 2.25. The minimum Gasteiger partial charge on any atom is -0.452 e. The Hall–Kier alpha value is -3.15. The second-order valence-corrected chi connectivity index (χ2v) is 7.26. The van der Waals surface area contributed by atoms with Crippen LogP contribution >= 0.6 is 0 Å². The first-order valence-corrected chi connectivity index (χ1v) is 10.3. The van der Waals surface area contributed by atoms with E-state index in [0.717, 1.165) is 12.8 Å². The molecule has 2 aromatic carbocycles. The van der Waals surface area contributed by atoms with E-state index < -0.39 is 5.97 Å². The zero-order chi connectivity index (χ0) is 22.1. The molecular formula is C24H30N2O4. The van der Waals surface area contributed by atoms with Crippen molar-refractivity contribution in [3.63, 3.8) is 0 Å². The number of hydrogen-bond donors (Lipinski definition) is 1. The maximum absolute atomic E-state index is 12.7. The van der Waals surface area contributed by atoms with Crippen molar-refractivity contribution in [3.8, 4) is 0 Å². The lowest BCUT2D eigenvalue weighted by Gasteiger charge is -2.33. The molecule has 0 radical (unpaired) electrons. The highest BCUT2D eigenvalue weighted by molar-refractivity contribution is 6.08. The molecule has 0 heterocycles. The first-order chi connectivity index (χ1) is 14.4. The molecule has 0 aliphatic carbocycles. The van der Waals surface area contributed by atoms with Crippen LogP contribution in [0.25, 0.3) is 0 Å². The third-order valence-electron chi connectivity index (χ3n) is 5.18. The molecule has 0 saturated heterocycles. The zero-order valence-corrected chi connectivity index (χ0v) is 18.1. The molecule has 6 nitrogen and oxygen atoms in total. The number of esters is 1. The van der Waals surface area contributed by atoms with Crippen LogP contribution < -0.4 is 5.32 Å². The Bertz CT molecular complexity index is 857. The topological polar surface area (TPSA) is 75.7 Å². The fraction of sp³-hybridized carbons (Fsp3) is 0.375. The average molecular weight is 411 g/mol. The van der Waals surface area contributed by atoms with Crippen LogP contribution in [0, 0.1) is 0 Å². The molecule has 2 rings (SSSR count). The Morgan fingerprint density at radius 2 is 1.47 bits per heavy atom. The van der Waals surface area contributed by atoms with Crippen molar-refractivity contribution in [1.29, 1.82) is 0 Å². The molecule has 160 valence electrons. The Balaban J connectivity index is 2.09. The van der Waals surface area contributed by atoms with Crippen LogP contribution in [0.5, 0.6) is 0 Å². The summed E-state index contributed by atoms with van der Waals surface area (Å²) < 4.78 is 5.31. The summed E-state index contributed by atoms with van der Waals surface area (Å²) in [7, 11) is 0. The Kier molecular flexibility index (Phi) is 8.59. The third kappa shape index (κ3) is 5.92. The van der Waals surface area contributed by atoms with E-state index in [2.05, 4.69) is 5.32 Å². The quantitative estimate of drug-likeness (QED) is 0.617.